The Labute approximate surface area is 57.9 Å². The Hall–Kier alpha value is -0.250. The monoisotopic (exact) mass is 156 g/mol. The molecule has 0 aliphatic heterocycles. The average Bonchev–Trinajstić information content (AvgIpc) is 1.81. The maximum Gasteiger partial charge on any atom is 0.389 e. The number of rotatable bonds is 3. The lowest BCUT2D eigenvalue weighted by molar-refractivity contribution is -0.140. The molecule has 1 N–H and O–H groups in total. The lowest BCUT2D eigenvalue weighted by Gasteiger charge is -2.09. The van der Waals surface area contributed by atoms with Crippen molar-refractivity contribution < 1.29 is 18.3 Å². The van der Waals surface area contributed by atoms with Crippen LogP contribution in [0.1, 0.15) is 26.2 Å². The molecule has 0 saturated carbocycles. The minimum atomic E-state index is -4.13. The molecule has 1 nitrogen and oxygen atoms in total. The van der Waals surface area contributed by atoms with Crippen LogP contribution < -0.4 is 0 Å². The van der Waals surface area contributed by atoms with Crippen LogP contribution in [0.15, 0.2) is 0 Å². The molecule has 0 saturated heterocycles. The van der Waals surface area contributed by atoms with Gasteiger partial charge in [0.15, 0.2) is 0 Å². The molecule has 1 atom stereocenters. The van der Waals surface area contributed by atoms with E-state index in [4.69, 9.17) is 5.11 Å². The number of hydrogen-bond acceptors (Lipinski definition) is 1. The van der Waals surface area contributed by atoms with Crippen molar-refractivity contribution in [2.45, 2.75) is 38.5 Å². The summed E-state index contributed by atoms with van der Waals surface area (Å²) in [7, 11) is 0. The van der Waals surface area contributed by atoms with E-state index in [1.54, 1.807) is 6.92 Å². The minimum Gasteiger partial charge on any atom is -0.393 e. The molecule has 0 radical (unpaired) electrons. The predicted octanol–water partition coefficient (Wildman–Crippen LogP) is 2.10. The third kappa shape index (κ3) is 5.88. The third-order valence-corrected chi connectivity index (χ3v) is 1.23. The highest BCUT2D eigenvalue weighted by atomic mass is 19.4. The third-order valence-electron chi connectivity index (χ3n) is 1.23. The molecule has 0 heterocycles. The van der Waals surface area contributed by atoms with E-state index in [0.717, 1.165) is 0 Å². The second-order valence-corrected chi connectivity index (χ2v) is 2.22. The number of aliphatic hydroxyl groups excluding tert-OH is 1. The van der Waals surface area contributed by atoms with Gasteiger partial charge in [-0.1, -0.05) is 6.92 Å². The quantitative estimate of drug-likeness (QED) is 0.663. The lowest BCUT2D eigenvalue weighted by Crippen LogP contribution is -2.13. The van der Waals surface area contributed by atoms with Crippen LogP contribution in [-0.2, 0) is 0 Å². The first-order chi connectivity index (χ1) is 4.45. The summed E-state index contributed by atoms with van der Waals surface area (Å²) in [6.07, 6.45) is -5.62. The van der Waals surface area contributed by atoms with Crippen LogP contribution in [0.25, 0.3) is 0 Å². The largest absolute Gasteiger partial charge is 0.393 e. The molecule has 0 unspecified atom stereocenters. The minimum absolute atomic E-state index is 0.181. The molecule has 4 heteroatoms. The van der Waals surface area contributed by atoms with Gasteiger partial charge in [-0.15, -0.1) is 0 Å². The number of halogens is 3. The van der Waals surface area contributed by atoms with Gasteiger partial charge in [-0.3, -0.25) is 0 Å². The van der Waals surface area contributed by atoms with Crippen LogP contribution in [0.4, 0.5) is 13.2 Å². The van der Waals surface area contributed by atoms with E-state index in [0.29, 0.717) is 6.42 Å². The lowest BCUT2D eigenvalue weighted by atomic mass is 10.1. The van der Waals surface area contributed by atoms with Crippen LogP contribution in [0.2, 0.25) is 0 Å². The van der Waals surface area contributed by atoms with Crippen LogP contribution in [0.3, 0.4) is 0 Å². The van der Waals surface area contributed by atoms with Crippen LogP contribution >= 0.6 is 0 Å². The zero-order valence-electron chi connectivity index (χ0n) is 5.78. The predicted molar refractivity (Wildman–Crippen MR) is 31.6 cm³/mol. The fraction of sp³-hybridized carbons (Fsp3) is 1.00. The molecule has 10 heavy (non-hydrogen) atoms. The van der Waals surface area contributed by atoms with Gasteiger partial charge in [0.05, 0.1) is 6.10 Å². The first kappa shape index (κ1) is 9.75. The fourth-order valence-corrected chi connectivity index (χ4v) is 0.534. The van der Waals surface area contributed by atoms with Gasteiger partial charge in [0.2, 0.25) is 0 Å². The SMILES string of the molecule is CC[C@@H](O)CCC(F)(F)F. The van der Waals surface area contributed by atoms with Crippen molar-refractivity contribution in [3.63, 3.8) is 0 Å². The summed E-state index contributed by atoms with van der Waals surface area (Å²) in [6.45, 7) is 1.65. The summed E-state index contributed by atoms with van der Waals surface area (Å²) >= 11 is 0. The van der Waals surface area contributed by atoms with Crippen molar-refractivity contribution in [1.82, 2.24) is 0 Å². The Bertz CT molecular complexity index is 89.5. The molecule has 0 amide bonds. The van der Waals surface area contributed by atoms with Gasteiger partial charge < -0.3 is 5.11 Å². The van der Waals surface area contributed by atoms with Gasteiger partial charge in [0.1, 0.15) is 0 Å². The van der Waals surface area contributed by atoms with Crippen LogP contribution in [0, 0.1) is 0 Å². The van der Waals surface area contributed by atoms with Crippen LogP contribution in [0.5, 0.6) is 0 Å². The normalized spacial score (nSPS) is 15.3. The van der Waals surface area contributed by atoms with E-state index < -0.39 is 18.7 Å². The molecule has 0 bridgehead atoms. The second kappa shape index (κ2) is 3.81. The second-order valence-electron chi connectivity index (χ2n) is 2.22. The zero-order chi connectivity index (χ0) is 8.20. The Morgan fingerprint density at radius 1 is 1.40 bits per heavy atom. The molecule has 0 fully saturated rings. The number of alkyl halides is 3. The van der Waals surface area contributed by atoms with Gasteiger partial charge in [-0.05, 0) is 12.8 Å². The maximum absolute atomic E-state index is 11.4. The highest BCUT2D eigenvalue weighted by molar-refractivity contribution is 4.57. The standard InChI is InChI=1S/C6H11F3O/c1-2-5(10)3-4-6(7,8)9/h5,10H,2-4H2,1H3/t5-/m1/s1. The first-order valence-corrected chi connectivity index (χ1v) is 3.20. The summed E-state index contributed by atoms with van der Waals surface area (Å²) in [5.41, 5.74) is 0. The summed E-state index contributed by atoms with van der Waals surface area (Å²) in [4.78, 5) is 0. The summed E-state index contributed by atoms with van der Waals surface area (Å²) in [5.74, 6) is 0. The van der Waals surface area contributed by atoms with Gasteiger partial charge in [0, 0.05) is 6.42 Å². The maximum atomic E-state index is 11.4. The van der Waals surface area contributed by atoms with Crippen molar-refractivity contribution in [1.29, 1.82) is 0 Å². The molecule has 0 aliphatic carbocycles. The van der Waals surface area contributed by atoms with E-state index in [2.05, 4.69) is 0 Å². The number of hydrogen-bond donors (Lipinski definition) is 1. The van der Waals surface area contributed by atoms with Crippen molar-refractivity contribution in [2.75, 3.05) is 0 Å². The van der Waals surface area contributed by atoms with Gasteiger partial charge >= 0.3 is 6.18 Å². The van der Waals surface area contributed by atoms with E-state index in [1.807, 2.05) is 0 Å². The molecule has 0 aromatic heterocycles. The van der Waals surface area contributed by atoms with Crippen molar-refractivity contribution in [3.8, 4) is 0 Å². The Kier molecular flexibility index (Phi) is 3.71. The zero-order valence-corrected chi connectivity index (χ0v) is 5.78. The summed E-state index contributed by atoms with van der Waals surface area (Å²) < 4.78 is 34.3. The van der Waals surface area contributed by atoms with Gasteiger partial charge in [0.25, 0.3) is 0 Å². The first-order valence-electron chi connectivity index (χ1n) is 3.20. The van der Waals surface area contributed by atoms with Gasteiger partial charge in [-0.25, -0.2) is 0 Å². The molecule has 62 valence electrons. The van der Waals surface area contributed by atoms with Gasteiger partial charge in [-0.2, -0.15) is 13.2 Å². The summed E-state index contributed by atoms with van der Waals surface area (Å²) in [5, 5.41) is 8.72. The van der Waals surface area contributed by atoms with Crippen molar-refractivity contribution >= 4 is 0 Å². The molecular weight excluding hydrogens is 145 g/mol. The van der Waals surface area contributed by atoms with E-state index >= 15 is 0 Å². The number of aliphatic hydroxyl groups is 1. The highest BCUT2D eigenvalue weighted by Crippen LogP contribution is 2.22. The fourth-order valence-electron chi connectivity index (χ4n) is 0.534. The Morgan fingerprint density at radius 2 is 1.90 bits per heavy atom. The molecular formula is C6H11F3O. The molecule has 0 rings (SSSR count). The van der Waals surface area contributed by atoms with Crippen LogP contribution in [-0.4, -0.2) is 17.4 Å². The van der Waals surface area contributed by atoms with E-state index in [-0.39, 0.29) is 6.42 Å². The average molecular weight is 156 g/mol. The Morgan fingerprint density at radius 3 is 2.20 bits per heavy atom. The molecule has 0 aliphatic rings. The molecule has 0 spiro atoms. The smallest absolute Gasteiger partial charge is 0.389 e. The summed E-state index contributed by atoms with van der Waals surface area (Å²) in [6, 6.07) is 0. The molecule has 0 aromatic carbocycles. The Balaban J connectivity index is 3.36. The topological polar surface area (TPSA) is 20.2 Å². The van der Waals surface area contributed by atoms with Crippen molar-refractivity contribution in [2.24, 2.45) is 0 Å². The van der Waals surface area contributed by atoms with Crippen molar-refractivity contribution in [3.05, 3.63) is 0 Å². The van der Waals surface area contributed by atoms with E-state index in [1.165, 1.54) is 0 Å². The van der Waals surface area contributed by atoms with E-state index in [9.17, 15) is 13.2 Å². The highest BCUT2D eigenvalue weighted by Gasteiger charge is 2.27. The molecule has 0 aromatic rings.